The molecule has 2 aromatic heterocycles. The molecular weight excluding hydrogens is 202 g/mol. The van der Waals surface area contributed by atoms with Crippen molar-refractivity contribution < 1.29 is 4.42 Å². The van der Waals surface area contributed by atoms with Crippen LogP contribution in [0.5, 0.6) is 0 Å². The number of aryl methyl sites for hydroxylation is 1. The van der Waals surface area contributed by atoms with Gasteiger partial charge in [-0.05, 0) is 25.6 Å². The first kappa shape index (κ1) is 11.0. The van der Waals surface area contributed by atoms with E-state index in [0.717, 1.165) is 36.7 Å². The van der Waals surface area contributed by atoms with Crippen molar-refractivity contribution in [2.75, 3.05) is 6.54 Å². The van der Waals surface area contributed by atoms with E-state index in [0.29, 0.717) is 0 Å². The molecule has 0 atom stereocenters. The summed E-state index contributed by atoms with van der Waals surface area (Å²) in [5.74, 6) is 0.969. The minimum absolute atomic E-state index is 0.758. The summed E-state index contributed by atoms with van der Waals surface area (Å²) < 4.78 is 7.46. The van der Waals surface area contributed by atoms with Crippen LogP contribution in [-0.4, -0.2) is 16.3 Å². The fourth-order valence-electron chi connectivity index (χ4n) is 1.76. The van der Waals surface area contributed by atoms with Gasteiger partial charge in [-0.3, -0.25) is 4.68 Å². The number of hydrogen-bond donors (Lipinski definition) is 1. The van der Waals surface area contributed by atoms with Crippen molar-refractivity contribution in [3.63, 3.8) is 0 Å². The van der Waals surface area contributed by atoms with Gasteiger partial charge >= 0.3 is 0 Å². The van der Waals surface area contributed by atoms with Crippen molar-refractivity contribution in [2.24, 2.45) is 0 Å². The van der Waals surface area contributed by atoms with Gasteiger partial charge < -0.3 is 9.73 Å². The molecule has 0 unspecified atom stereocenters. The maximum absolute atomic E-state index is 5.49. The average molecular weight is 219 g/mol. The summed E-state index contributed by atoms with van der Waals surface area (Å²) in [7, 11) is 0. The van der Waals surface area contributed by atoms with Crippen LogP contribution in [0, 0.1) is 0 Å². The molecule has 2 rings (SSSR count). The van der Waals surface area contributed by atoms with Gasteiger partial charge in [-0.15, -0.1) is 0 Å². The Hall–Kier alpha value is -1.55. The Morgan fingerprint density at radius 1 is 1.38 bits per heavy atom. The first-order valence-electron chi connectivity index (χ1n) is 5.66. The number of hydrogen-bond acceptors (Lipinski definition) is 3. The molecule has 0 aliphatic rings. The first-order chi connectivity index (χ1) is 7.86. The maximum Gasteiger partial charge on any atom is 0.126 e. The molecule has 4 nitrogen and oxygen atoms in total. The smallest absolute Gasteiger partial charge is 0.126 e. The van der Waals surface area contributed by atoms with Crippen LogP contribution in [0.2, 0.25) is 0 Å². The lowest BCUT2D eigenvalue weighted by molar-refractivity contribution is 0.488. The predicted octanol–water partition coefficient (Wildman–Crippen LogP) is 2.27. The summed E-state index contributed by atoms with van der Waals surface area (Å²) in [6.45, 7) is 6.73. The molecule has 0 amide bonds. The highest BCUT2D eigenvalue weighted by molar-refractivity contribution is 5.61. The van der Waals surface area contributed by atoms with Gasteiger partial charge in [0, 0.05) is 18.3 Å². The summed E-state index contributed by atoms with van der Waals surface area (Å²) in [5.41, 5.74) is 2.24. The lowest BCUT2D eigenvalue weighted by Crippen LogP contribution is -2.12. The second-order valence-electron chi connectivity index (χ2n) is 3.57. The van der Waals surface area contributed by atoms with Gasteiger partial charge in [0.1, 0.15) is 5.76 Å². The zero-order valence-electron chi connectivity index (χ0n) is 9.73. The number of rotatable bonds is 5. The number of aromatic nitrogens is 2. The van der Waals surface area contributed by atoms with Gasteiger partial charge in [-0.25, -0.2) is 0 Å². The van der Waals surface area contributed by atoms with Crippen molar-refractivity contribution in [1.82, 2.24) is 15.1 Å². The predicted molar refractivity (Wildman–Crippen MR) is 63.0 cm³/mol. The van der Waals surface area contributed by atoms with Crippen LogP contribution in [-0.2, 0) is 13.1 Å². The molecule has 0 radical (unpaired) electrons. The molecule has 0 bridgehead atoms. The van der Waals surface area contributed by atoms with E-state index in [1.54, 1.807) is 6.26 Å². The minimum atomic E-state index is 0.758. The summed E-state index contributed by atoms with van der Waals surface area (Å²) in [6, 6.07) is 4.01. The molecule has 2 aromatic rings. The summed E-state index contributed by atoms with van der Waals surface area (Å²) >= 11 is 0. The maximum atomic E-state index is 5.49. The van der Waals surface area contributed by atoms with Crippen molar-refractivity contribution in [3.8, 4) is 11.3 Å². The zero-order chi connectivity index (χ0) is 11.4. The van der Waals surface area contributed by atoms with Gasteiger partial charge in [0.25, 0.3) is 0 Å². The Labute approximate surface area is 95.3 Å². The Morgan fingerprint density at radius 2 is 2.25 bits per heavy atom. The van der Waals surface area contributed by atoms with Gasteiger partial charge in [0.15, 0.2) is 0 Å². The Balaban J connectivity index is 2.29. The molecule has 16 heavy (non-hydrogen) atoms. The van der Waals surface area contributed by atoms with E-state index in [9.17, 15) is 0 Å². The van der Waals surface area contributed by atoms with E-state index in [1.807, 2.05) is 23.0 Å². The van der Waals surface area contributed by atoms with Crippen molar-refractivity contribution in [2.45, 2.75) is 26.9 Å². The lowest BCUT2D eigenvalue weighted by Gasteiger charge is -2.05. The molecule has 4 heteroatoms. The molecule has 0 spiro atoms. The van der Waals surface area contributed by atoms with Crippen LogP contribution in [0.3, 0.4) is 0 Å². The summed E-state index contributed by atoms with van der Waals surface area (Å²) in [6.07, 6.45) is 3.55. The highest BCUT2D eigenvalue weighted by Gasteiger charge is 2.11. The van der Waals surface area contributed by atoms with E-state index in [1.165, 1.54) is 0 Å². The molecule has 0 saturated carbocycles. The van der Waals surface area contributed by atoms with E-state index >= 15 is 0 Å². The quantitative estimate of drug-likeness (QED) is 0.838. The molecule has 0 aliphatic heterocycles. The number of furan rings is 1. The van der Waals surface area contributed by atoms with E-state index in [2.05, 4.69) is 24.3 Å². The summed E-state index contributed by atoms with van der Waals surface area (Å²) in [4.78, 5) is 0. The van der Waals surface area contributed by atoms with Gasteiger partial charge in [0.2, 0.25) is 0 Å². The minimum Gasteiger partial charge on any atom is -0.467 e. The highest BCUT2D eigenvalue weighted by Crippen LogP contribution is 2.24. The second kappa shape index (κ2) is 4.99. The molecule has 0 saturated heterocycles. The molecule has 1 N–H and O–H groups in total. The Morgan fingerprint density at radius 3 is 3.00 bits per heavy atom. The van der Waals surface area contributed by atoms with Gasteiger partial charge in [-0.2, -0.15) is 5.10 Å². The highest BCUT2D eigenvalue weighted by atomic mass is 16.3. The molecule has 0 aliphatic carbocycles. The monoisotopic (exact) mass is 219 g/mol. The van der Waals surface area contributed by atoms with Crippen LogP contribution in [0.25, 0.3) is 11.3 Å². The van der Waals surface area contributed by atoms with Crippen LogP contribution < -0.4 is 5.32 Å². The van der Waals surface area contributed by atoms with Gasteiger partial charge in [-0.1, -0.05) is 6.92 Å². The van der Waals surface area contributed by atoms with Crippen LogP contribution in [0.1, 0.15) is 19.6 Å². The van der Waals surface area contributed by atoms with Crippen LogP contribution in [0.4, 0.5) is 0 Å². The second-order valence-corrected chi connectivity index (χ2v) is 3.57. The molecule has 0 fully saturated rings. The average Bonchev–Trinajstić information content (AvgIpc) is 2.93. The van der Waals surface area contributed by atoms with Crippen molar-refractivity contribution in [1.29, 1.82) is 0 Å². The molecule has 0 aromatic carbocycles. The molecular formula is C12H17N3O. The molecule has 2 heterocycles. The van der Waals surface area contributed by atoms with E-state index < -0.39 is 0 Å². The lowest BCUT2D eigenvalue weighted by atomic mass is 10.2. The van der Waals surface area contributed by atoms with E-state index in [4.69, 9.17) is 4.42 Å². The van der Waals surface area contributed by atoms with Gasteiger partial charge in [0.05, 0.1) is 18.5 Å². The van der Waals surface area contributed by atoms with E-state index in [-0.39, 0.29) is 0 Å². The van der Waals surface area contributed by atoms with Crippen molar-refractivity contribution in [3.05, 3.63) is 30.4 Å². The topological polar surface area (TPSA) is 43.0 Å². The largest absolute Gasteiger partial charge is 0.467 e. The third-order valence-corrected chi connectivity index (χ3v) is 2.57. The SMILES string of the molecule is CCNCc1occc1-c1ccnn1CC. The zero-order valence-corrected chi connectivity index (χ0v) is 9.73. The fourth-order valence-corrected chi connectivity index (χ4v) is 1.76. The van der Waals surface area contributed by atoms with Crippen molar-refractivity contribution >= 4 is 0 Å². The fraction of sp³-hybridized carbons (Fsp3) is 0.417. The Kier molecular flexibility index (Phi) is 3.41. The standard InChI is InChI=1S/C12H17N3O/c1-3-13-9-12-10(6-8-16-12)11-5-7-14-15(11)4-2/h5-8,13H,3-4,9H2,1-2H3. The normalized spacial score (nSPS) is 10.9. The molecule has 86 valence electrons. The Bertz CT molecular complexity index is 445. The van der Waals surface area contributed by atoms with Crippen LogP contribution >= 0.6 is 0 Å². The third-order valence-electron chi connectivity index (χ3n) is 2.57. The number of nitrogens with zero attached hydrogens (tertiary/aromatic N) is 2. The third kappa shape index (κ3) is 2.02. The first-order valence-corrected chi connectivity index (χ1v) is 5.66. The van der Waals surface area contributed by atoms with Crippen LogP contribution in [0.15, 0.2) is 29.0 Å². The number of nitrogens with one attached hydrogen (secondary N) is 1. The summed E-state index contributed by atoms with van der Waals surface area (Å²) in [5, 5.41) is 7.53.